The number of benzene rings is 2. The summed E-state index contributed by atoms with van der Waals surface area (Å²) in [5, 5.41) is 2.44. The van der Waals surface area contributed by atoms with Crippen molar-refractivity contribution in [3.8, 4) is 0 Å². The molecule has 0 bridgehead atoms. The van der Waals surface area contributed by atoms with Gasteiger partial charge in [0.15, 0.2) is 0 Å². The van der Waals surface area contributed by atoms with Crippen LogP contribution in [-0.2, 0) is 11.0 Å². The first-order valence-corrected chi connectivity index (χ1v) is 9.28. The van der Waals surface area contributed by atoms with Gasteiger partial charge in [-0.05, 0) is 30.8 Å². The first-order chi connectivity index (χ1) is 13.3. The van der Waals surface area contributed by atoms with E-state index in [0.717, 1.165) is 24.7 Å². The normalized spacial score (nSPS) is 17.3. The minimum Gasteiger partial charge on any atom is -0.324 e. The molecule has 8 heteroatoms. The maximum absolute atomic E-state index is 13.4. The van der Waals surface area contributed by atoms with Crippen molar-refractivity contribution in [2.45, 2.75) is 12.2 Å². The highest BCUT2D eigenvalue weighted by Crippen LogP contribution is 2.37. The summed E-state index contributed by atoms with van der Waals surface area (Å²) in [6.45, 7) is 2.86. The third-order valence-corrected chi connectivity index (χ3v) is 5.05. The van der Waals surface area contributed by atoms with E-state index in [9.17, 15) is 18.0 Å². The lowest BCUT2D eigenvalue weighted by molar-refractivity contribution is -0.137. The van der Waals surface area contributed by atoms with E-state index >= 15 is 0 Å². The van der Waals surface area contributed by atoms with Gasteiger partial charge in [0.1, 0.15) is 6.04 Å². The average Bonchev–Trinajstić information content (AvgIpc) is 2.65. The number of piperazine rings is 1. The number of nitrogens with one attached hydrogen (secondary N) is 1. The van der Waals surface area contributed by atoms with Gasteiger partial charge in [-0.1, -0.05) is 41.9 Å². The highest BCUT2D eigenvalue weighted by Gasteiger charge is 2.36. The van der Waals surface area contributed by atoms with E-state index in [1.807, 2.05) is 42.3 Å². The maximum atomic E-state index is 13.4. The zero-order chi connectivity index (χ0) is 20.3. The summed E-state index contributed by atoms with van der Waals surface area (Å²) >= 11 is 5.73. The van der Waals surface area contributed by atoms with Crippen molar-refractivity contribution in [2.75, 3.05) is 38.5 Å². The number of anilines is 1. The van der Waals surface area contributed by atoms with Crippen molar-refractivity contribution in [3.05, 3.63) is 64.7 Å². The predicted octanol–water partition coefficient (Wildman–Crippen LogP) is 4.29. The molecule has 1 amide bonds. The molecule has 0 saturated carbocycles. The second-order valence-electron chi connectivity index (χ2n) is 6.83. The molecule has 0 spiro atoms. The number of amides is 1. The van der Waals surface area contributed by atoms with E-state index in [1.165, 1.54) is 12.1 Å². The van der Waals surface area contributed by atoms with Crippen LogP contribution in [-0.4, -0.2) is 48.9 Å². The fourth-order valence-electron chi connectivity index (χ4n) is 3.30. The van der Waals surface area contributed by atoms with Crippen LogP contribution in [0.1, 0.15) is 17.2 Å². The molecule has 1 atom stereocenters. The Hall–Kier alpha value is -2.09. The van der Waals surface area contributed by atoms with Crippen LogP contribution in [0.3, 0.4) is 0 Å². The Bertz CT molecular complexity index is 821. The maximum Gasteiger partial charge on any atom is 0.418 e. The van der Waals surface area contributed by atoms with Gasteiger partial charge in [0.05, 0.1) is 11.3 Å². The van der Waals surface area contributed by atoms with Gasteiger partial charge in [-0.3, -0.25) is 9.69 Å². The molecule has 150 valence electrons. The molecular formula is C20H21ClF3N3O. The van der Waals surface area contributed by atoms with Crippen molar-refractivity contribution in [1.82, 2.24) is 9.80 Å². The SMILES string of the molecule is CN1CCN([C@H](C(=O)Nc2ccc(Cl)cc2C(F)(F)F)c2ccccc2)CC1. The monoisotopic (exact) mass is 411 g/mol. The number of rotatable bonds is 4. The molecular weight excluding hydrogens is 391 g/mol. The molecule has 0 aliphatic carbocycles. The van der Waals surface area contributed by atoms with Crippen LogP contribution in [0.25, 0.3) is 0 Å². The van der Waals surface area contributed by atoms with Gasteiger partial charge in [0.2, 0.25) is 5.91 Å². The lowest BCUT2D eigenvalue weighted by Crippen LogP contribution is -2.48. The standard InChI is InChI=1S/C20H21ClF3N3O/c1-26-9-11-27(12-10-26)18(14-5-3-2-4-6-14)19(28)25-17-8-7-15(21)13-16(17)20(22,23)24/h2-8,13,18H,9-12H2,1H3,(H,25,28)/t18-/m0/s1. The molecule has 3 rings (SSSR count). The molecule has 1 heterocycles. The van der Waals surface area contributed by atoms with E-state index in [0.29, 0.717) is 13.1 Å². The van der Waals surface area contributed by atoms with Crippen LogP contribution in [0, 0.1) is 0 Å². The molecule has 2 aromatic carbocycles. The fraction of sp³-hybridized carbons (Fsp3) is 0.350. The average molecular weight is 412 g/mol. The number of hydrogen-bond donors (Lipinski definition) is 1. The van der Waals surface area contributed by atoms with E-state index in [-0.39, 0.29) is 10.7 Å². The van der Waals surface area contributed by atoms with Crippen molar-refractivity contribution in [2.24, 2.45) is 0 Å². The van der Waals surface area contributed by atoms with Crippen molar-refractivity contribution >= 4 is 23.2 Å². The molecule has 1 aliphatic heterocycles. The lowest BCUT2D eigenvalue weighted by Gasteiger charge is -2.37. The Kier molecular flexibility index (Phi) is 6.27. The van der Waals surface area contributed by atoms with E-state index in [1.54, 1.807) is 0 Å². The first-order valence-electron chi connectivity index (χ1n) is 8.91. The largest absolute Gasteiger partial charge is 0.418 e. The number of carbonyl (C=O) groups excluding carboxylic acids is 1. The topological polar surface area (TPSA) is 35.6 Å². The molecule has 0 unspecified atom stereocenters. The number of hydrogen-bond acceptors (Lipinski definition) is 3. The summed E-state index contributed by atoms with van der Waals surface area (Å²) in [4.78, 5) is 17.2. The molecule has 1 saturated heterocycles. The zero-order valence-corrected chi connectivity index (χ0v) is 16.1. The van der Waals surface area contributed by atoms with Crippen LogP contribution in [0.5, 0.6) is 0 Å². The molecule has 1 N–H and O–H groups in total. The second-order valence-corrected chi connectivity index (χ2v) is 7.27. The van der Waals surface area contributed by atoms with Crippen molar-refractivity contribution in [1.29, 1.82) is 0 Å². The third kappa shape index (κ3) is 4.84. The van der Waals surface area contributed by atoms with Crippen LogP contribution in [0.15, 0.2) is 48.5 Å². The highest BCUT2D eigenvalue weighted by molar-refractivity contribution is 6.30. The first kappa shape index (κ1) is 20.6. The van der Waals surface area contributed by atoms with Gasteiger partial charge >= 0.3 is 6.18 Å². The number of nitrogens with zero attached hydrogens (tertiary/aromatic N) is 2. The van der Waals surface area contributed by atoms with Gasteiger partial charge in [-0.2, -0.15) is 13.2 Å². The molecule has 28 heavy (non-hydrogen) atoms. The summed E-state index contributed by atoms with van der Waals surface area (Å²) in [5.74, 6) is -0.497. The Morgan fingerprint density at radius 1 is 1.07 bits per heavy atom. The Balaban J connectivity index is 1.91. The van der Waals surface area contributed by atoms with Crippen LogP contribution in [0.4, 0.5) is 18.9 Å². The Morgan fingerprint density at radius 3 is 2.32 bits per heavy atom. The van der Waals surface area contributed by atoms with Crippen molar-refractivity contribution in [3.63, 3.8) is 0 Å². The number of alkyl halides is 3. The third-order valence-electron chi connectivity index (χ3n) is 4.81. The molecule has 0 radical (unpaired) electrons. The smallest absolute Gasteiger partial charge is 0.324 e. The van der Waals surface area contributed by atoms with Crippen molar-refractivity contribution < 1.29 is 18.0 Å². The predicted molar refractivity (Wildman–Crippen MR) is 103 cm³/mol. The number of likely N-dealkylation sites (N-methyl/N-ethyl adjacent to an activating group) is 1. The zero-order valence-electron chi connectivity index (χ0n) is 15.3. The summed E-state index contributed by atoms with van der Waals surface area (Å²) < 4.78 is 40.1. The molecule has 0 aromatic heterocycles. The summed E-state index contributed by atoms with van der Waals surface area (Å²) in [6.07, 6.45) is -4.62. The molecule has 1 fully saturated rings. The quantitative estimate of drug-likeness (QED) is 0.815. The van der Waals surface area contributed by atoms with Crippen LogP contribution < -0.4 is 5.32 Å². The lowest BCUT2D eigenvalue weighted by atomic mass is 10.0. The minimum atomic E-state index is -4.62. The van der Waals surface area contributed by atoms with Gasteiger partial charge in [-0.25, -0.2) is 0 Å². The van der Waals surface area contributed by atoms with Gasteiger partial charge in [-0.15, -0.1) is 0 Å². The highest BCUT2D eigenvalue weighted by atomic mass is 35.5. The van der Waals surface area contributed by atoms with Gasteiger partial charge in [0.25, 0.3) is 0 Å². The van der Waals surface area contributed by atoms with Gasteiger partial charge < -0.3 is 10.2 Å². The summed E-state index contributed by atoms with van der Waals surface area (Å²) in [7, 11) is 2.00. The fourth-order valence-corrected chi connectivity index (χ4v) is 3.48. The Labute approximate surface area is 166 Å². The van der Waals surface area contributed by atoms with E-state index < -0.39 is 23.7 Å². The summed E-state index contributed by atoms with van der Waals surface area (Å²) in [6, 6.07) is 11.8. The number of halogens is 4. The Morgan fingerprint density at radius 2 is 1.71 bits per heavy atom. The van der Waals surface area contributed by atoms with E-state index in [2.05, 4.69) is 10.2 Å². The molecule has 2 aromatic rings. The van der Waals surface area contributed by atoms with Gasteiger partial charge in [0, 0.05) is 31.2 Å². The van der Waals surface area contributed by atoms with Crippen LogP contribution in [0.2, 0.25) is 5.02 Å². The number of carbonyl (C=O) groups is 1. The minimum absolute atomic E-state index is 0.0380. The second kappa shape index (κ2) is 8.51. The molecule has 4 nitrogen and oxygen atoms in total. The van der Waals surface area contributed by atoms with Crippen LogP contribution >= 0.6 is 11.6 Å². The van der Waals surface area contributed by atoms with E-state index in [4.69, 9.17) is 11.6 Å². The summed E-state index contributed by atoms with van der Waals surface area (Å²) in [5.41, 5.74) is -0.512. The molecule has 1 aliphatic rings.